The van der Waals surface area contributed by atoms with Crippen LogP contribution in [0.2, 0.25) is 0 Å². The number of likely N-dealkylation sites (N-methyl/N-ethyl adjacent to an activating group) is 1. The van der Waals surface area contributed by atoms with Crippen LogP contribution in [0.3, 0.4) is 0 Å². The number of rotatable bonds is 10. The molecule has 1 amide bonds. The summed E-state index contributed by atoms with van der Waals surface area (Å²) in [5.41, 5.74) is 2.38. The molecule has 2 N–H and O–H groups in total. The highest BCUT2D eigenvalue weighted by molar-refractivity contribution is 6.46. The molecule has 1 aliphatic rings. The van der Waals surface area contributed by atoms with E-state index in [1.165, 1.54) is 4.90 Å². The first-order valence-corrected chi connectivity index (χ1v) is 11.4. The molecule has 2 aromatic rings. The van der Waals surface area contributed by atoms with Gasteiger partial charge in [0.25, 0.3) is 11.7 Å². The number of nitrogens with one attached hydrogen (secondary N) is 1. The predicted octanol–water partition coefficient (Wildman–Crippen LogP) is 2.91. The average Bonchev–Trinajstić information content (AvgIpc) is 3.08. The number of hydrogen-bond donors (Lipinski definition) is 2. The molecule has 0 bridgehead atoms. The third kappa shape index (κ3) is 5.34. The van der Waals surface area contributed by atoms with E-state index in [4.69, 9.17) is 4.74 Å². The van der Waals surface area contributed by atoms with Crippen molar-refractivity contribution in [3.8, 4) is 5.75 Å². The number of Topliss-reactive ketones (excluding diaryl/α,β-unsaturated/α-hetero) is 1. The summed E-state index contributed by atoms with van der Waals surface area (Å²) in [7, 11) is 0. The Morgan fingerprint density at radius 1 is 1.15 bits per heavy atom. The van der Waals surface area contributed by atoms with E-state index < -0.39 is 17.7 Å². The minimum absolute atomic E-state index is 0.110. The summed E-state index contributed by atoms with van der Waals surface area (Å²) in [4.78, 5) is 29.2. The van der Waals surface area contributed by atoms with Gasteiger partial charge in [-0.05, 0) is 38.5 Å². The maximum Gasteiger partial charge on any atom is 0.295 e. The van der Waals surface area contributed by atoms with E-state index in [0.717, 1.165) is 24.2 Å². The van der Waals surface area contributed by atoms with E-state index in [-0.39, 0.29) is 11.3 Å². The van der Waals surface area contributed by atoms with Crippen molar-refractivity contribution in [2.24, 2.45) is 0 Å². The molecule has 1 aliphatic heterocycles. The molecule has 0 unspecified atom stereocenters. The van der Waals surface area contributed by atoms with Crippen LogP contribution in [0.1, 0.15) is 36.6 Å². The van der Waals surface area contributed by atoms with Crippen molar-refractivity contribution < 1.29 is 24.3 Å². The first-order chi connectivity index (χ1) is 15.9. The fourth-order valence-electron chi connectivity index (χ4n) is 4.14. The van der Waals surface area contributed by atoms with Crippen LogP contribution in [0.15, 0.2) is 66.8 Å². The zero-order valence-corrected chi connectivity index (χ0v) is 19.6. The molecule has 3 rings (SSSR count). The van der Waals surface area contributed by atoms with Crippen molar-refractivity contribution in [1.82, 2.24) is 4.90 Å². The molecular formula is C27H33N2O4+. The molecule has 6 nitrogen and oxygen atoms in total. The third-order valence-electron chi connectivity index (χ3n) is 6.11. The smallest absolute Gasteiger partial charge is 0.295 e. The summed E-state index contributed by atoms with van der Waals surface area (Å²) in [6, 6.07) is 13.9. The van der Waals surface area contributed by atoms with Crippen molar-refractivity contribution in [1.29, 1.82) is 0 Å². The molecule has 6 heteroatoms. The molecule has 0 aliphatic carbocycles. The molecule has 0 spiro atoms. The monoisotopic (exact) mass is 449 g/mol. The number of benzene rings is 2. The Morgan fingerprint density at radius 3 is 2.48 bits per heavy atom. The van der Waals surface area contributed by atoms with Crippen LogP contribution in [0.25, 0.3) is 5.76 Å². The van der Waals surface area contributed by atoms with E-state index >= 15 is 0 Å². The van der Waals surface area contributed by atoms with E-state index in [1.54, 1.807) is 23.1 Å². The van der Waals surface area contributed by atoms with E-state index in [2.05, 4.69) is 20.4 Å². The summed E-state index contributed by atoms with van der Waals surface area (Å²) in [5.74, 6) is -0.793. The molecule has 1 fully saturated rings. The van der Waals surface area contributed by atoms with Crippen molar-refractivity contribution in [3.63, 3.8) is 0 Å². The maximum atomic E-state index is 13.2. The molecule has 1 atom stereocenters. The Morgan fingerprint density at radius 2 is 1.85 bits per heavy atom. The van der Waals surface area contributed by atoms with Crippen LogP contribution < -0.4 is 9.64 Å². The SMILES string of the molecule is C=CCOc1cccc([C@@H]2C(=C(O)c3ccc(C)cc3)C(=O)C(=O)N2CC[NH+](CC)CC)c1. The lowest BCUT2D eigenvalue weighted by Crippen LogP contribution is -3.12. The molecular weight excluding hydrogens is 416 g/mol. The Labute approximate surface area is 195 Å². The number of nitrogens with zero attached hydrogens (tertiary/aromatic N) is 1. The second kappa shape index (κ2) is 11.0. The highest BCUT2D eigenvalue weighted by Gasteiger charge is 2.46. The van der Waals surface area contributed by atoms with Gasteiger partial charge in [-0.15, -0.1) is 0 Å². The van der Waals surface area contributed by atoms with Crippen LogP contribution in [0, 0.1) is 6.92 Å². The average molecular weight is 450 g/mol. The largest absolute Gasteiger partial charge is 0.507 e. The van der Waals surface area contributed by atoms with Gasteiger partial charge in [-0.3, -0.25) is 9.59 Å². The van der Waals surface area contributed by atoms with Crippen molar-refractivity contribution in [3.05, 3.63) is 83.4 Å². The van der Waals surface area contributed by atoms with Crippen LogP contribution >= 0.6 is 0 Å². The number of quaternary nitrogens is 1. The molecule has 2 aromatic carbocycles. The van der Waals surface area contributed by atoms with E-state index in [1.807, 2.05) is 43.3 Å². The van der Waals surface area contributed by atoms with Crippen LogP contribution in [0.4, 0.5) is 0 Å². The van der Waals surface area contributed by atoms with Gasteiger partial charge in [0.15, 0.2) is 0 Å². The Hall–Kier alpha value is -3.38. The molecule has 0 saturated carbocycles. The van der Waals surface area contributed by atoms with Crippen LogP contribution in [-0.4, -0.2) is 54.5 Å². The molecule has 0 aromatic heterocycles. The Bertz CT molecular complexity index is 1040. The Balaban J connectivity index is 2.09. The second-order valence-corrected chi connectivity index (χ2v) is 8.24. The zero-order valence-electron chi connectivity index (χ0n) is 19.6. The maximum absolute atomic E-state index is 13.2. The van der Waals surface area contributed by atoms with Gasteiger partial charge in [-0.1, -0.05) is 54.6 Å². The normalized spacial score (nSPS) is 17.6. The first-order valence-electron chi connectivity index (χ1n) is 11.4. The van der Waals surface area contributed by atoms with Gasteiger partial charge in [-0.2, -0.15) is 0 Å². The number of amides is 1. The summed E-state index contributed by atoms with van der Waals surface area (Å²) < 4.78 is 5.68. The molecule has 1 heterocycles. The number of carbonyl (C=O) groups excluding carboxylic acids is 2. The lowest BCUT2D eigenvalue weighted by atomic mass is 9.95. The lowest BCUT2D eigenvalue weighted by Gasteiger charge is -2.27. The highest BCUT2D eigenvalue weighted by Crippen LogP contribution is 2.40. The van der Waals surface area contributed by atoms with E-state index in [9.17, 15) is 14.7 Å². The van der Waals surface area contributed by atoms with Gasteiger partial charge in [0.05, 0.1) is 37.8 Å². The third-order valence-corrected chi connectivity index (χ3v) is 6.11. The Kier molecular flexibility index (Phi) is 8.06. The van der Waals surface area contributed by atoms with Gasteiger partial charge in [0, 0.05) is 5.56 Å². The van der Waals surface area contributed by atoms with Crippen LogP contribution in [-0.2, 0) is 9.59 Å². The lowest BCUT2D eigenvalue weighted by molar-refractivity contribution is -0.895. The van der Waals surface area contributed by atoms with Gasteiger partial charge in [-0.25, -0.2) is 0 Å². The number of aliphatic hydroxyl groups is 1. The standard InChI is InChI=1S/C27H32N2O4/c1-5-17-33-22-10-8-9-21(18-22)24-23(25(30)20-13-11-19(4)12-14-20)26(31)27(32)29(24)16-15-28(6-2)7-3/h5,8-14,18,24,30H,1,6-7,15-17H2,2-4H3/p+1/t24-/m1/s1. The quantitative estimate of drug-likeness (QED) is 0.253. The molecule has 174 valence electrons. The number of carbonyl (C=O) groups is 2. The van der Waals surface area contributed by atoms with Crippen molar-refractivity contribution in [2.75, 3.05) is 32.8 Å². The minimum Gasteiger partial charge on any atom is -0.507 e. The summed E-state index contributed by atoms with van der Waals surface area (Å²) >= 11 is 0. The highest BCUT2D eigenvalue weighted by atomic mass is 16.5. The minimum atomic E-state index is -0.687. The fourth-order valence-corrected chi connectivity index (χ4v) is 4.14. The molecule has 33 heavy (non-hydrogen) atoms. The fraction of sp³-hybridized carbons (Fsp3) is 0.333. The number of likely N-dealkylation sites (tertiary alicyclic amines) is 1. The van der Waals surface area contributed by atoms with Crippen molar-refractivity contribution in [2.45, 2.75) is 26.8 Å². The zero-order chi connectivity index (χ0) is 24.0. The molecule has 0 radical (unpaired) electrons. The second-order valence-electron chi connectivity index (χ2n) is 8.24. The molecule has 1 saturated heterocycles. The summed E-state index contributed by atoms with van der Waals surface area (Å²) in [6.07, 6.45) is 1.66. The van der Waals surface area contributed by atoms with Crippen LogP contribution in [0.5, 0.6) is 5.75 Å². The number of aryl methyl sites for hydroxylation is 1. The summed E-state index contributed by atoms with van der Waals surface area (Å²) in [5, 5.41) is 11.2. The number of ether oxygens (including phenoxy) is 1. The van der Waals surface area contributed by atoms with Gasteiger partial charge in [0.2, 0.25) is 0 Å². The van der Waals surface area contributed by atoms with Gasteiger partial charge < -0.3 is 19.6 Å². The van der Waals surface area contributed by atoms with E-state index in [0.29, 0.717) is 31.0 Å². The number of aliphatic hydroxyl groups excluding tert-OH is 1. The first kappa shape index (κ1) is 24.3. The van der Waals surface area contributed by atoms with Gasteiger partial charge in [0.1, 0.15) is 18.1 Å². The number of ketones is 1. The topological polar surface area (TPSA) is 71.3 Å². The van der Waals surface area contributed by atoms with Crippen molar-refractivity contribution >= 4 is 17.4 Å². The van der Waals surface area contributed by atoms with Gasteiger partial charge >= 0.3 is 0 Å². The number of hydrogen-bond acceptors (Lipinski definition) is 4. The summed E-state index contributed by atoms with van der Waals surface area (Å²) in [6.45, 7) is 13.2. The predicted molar refractivity (Wildman–Crippen MR) is 129 cm³/mol.